The minimum absolute atomic E-state index is 0.0608. The van der Waals surface area contributed by atoms with Crippen molar-refractivity contribution in [1.29, 1.82) is 0 Å². The summed E-state index contributed by atoms with van der Waals surface area (Å²) >= 11 is 0. The molecule has 0 bridgehead atoms. The van der Waals surface area contributed by atoms with E-state index in [-0.39, 0.29) is 43.2 Å². The van der Waals surface area contributed by atoms with Crippen molar-refractivity contribution in [2.45, 2.75) is 25.9 Å². The summed E-state index contributed by atoms with van der Waals surface area (Å²) in [7, 11) is 0. The molecule has 138 valence electrons. The van der Waals surface area contributed by atoms with Gasteiger partial charge in [-0.3, -0.25) is 23.9 Å². The fraction of sp³-hybridized carbons (Fsp3) is 0.211. The molecule has 27 heavy (non-hydrogen) atoms. The largest absolute Gasteiger partial charge is 0.481 e. The van der Waals surface area contributed by atoms with Gasteiger partial charge in [0.25, 0.3) is 5.56 Å². The third-order valence-corrected chi connectivity index (χ3v) is 4.02. The van der Waals surface area contributed by atoms with Crippen LogP contribution in [0.2, 0.25) is 0 Å². The summed E-state index contributed by atoms with van der Waals surface area (Å²) in [4.78, 5) is 44.4. The van der Waals surface area contributed by atoms with Crippen LogP contribution in [0.1, 0.15) is 17.8 Å². The van der Waals surface area contributed by atoms with Crippen LogP contribution in [-0.4, -0.2) is 31.5 Å². The van der Waals surface area contributed by atoms with Crippen LogP contribution in [0.4, 0.5) is 0 Å². The smallest absolute Gasteiger partial charge is 0.303 e. The maximum absolute atomic E-state index is 12.8. The van der Waals surface area contributed by atoms with Crippen LogP contribution in [0.5, 0.6) is 0 Å². The molecule has 1 aromatic carbocycles. The van der Waals surface area contributed by atoms with E-state index in [0.29, 0.717) is 10.9 Å². The van der Waals surface area contributed by atoms with Crippen LogP contribution >= 0.6 is 0 Å². The van der Waals surface area contributed by atoms with Gasteiger partial charge >= 0.3 is 5.97 Å². The van der Waals surface area contributed by atoms with Crippen molar-refractivity contribution in [1.82, 2.24) is 19.9 Å². The lowest BCUT2D eigenvalue weighted by atomic mass is 10.2. The van der Waals surface area contributed by atoms with Gasteiger partial charge in [0.15, 0.2) is 0 Å². The molecular weight excluding hydrogens is 348 g/mol. The van der Waals surface area contributed by atoms with Crippen LogP contribution < -0.4 is 10.9 Å². The monoisotopic (exact) mass is 366 g/mol. The lowest BCUT2D eigenvalue weighted by molar-refractivity contribution is -0.137. The van der Waals surface area contributed by atoms with Gasteiger partial charge in [-0.15, -0.1) is 0 Å². The molecule has 0 aliphatic heterocycles. The molecule has 0 aliphatic carbocycles. The van der Waals surface area contributed by atoms with Gasteiger partial charge < -0.3 is 10.4 Å². The predicted molar refractivity (Wildman–Crippen MR) is 98.0 cm³/mol. The third kappa shape index (κ3) is 4.55. The highest BCUT2D eigenvalue weighted by Gasteiger charge is 2.15. The highest BCUT2D eigenvalue weighted by molar-refractivity contribution is 5.79. The Morgan fingerprint density at radius 2 is 1.96 bits per heavy atom. The topological polar surface area (TPSA) is 114 Å². The van der Waals surface area contributed by atoms with Crippen molar-refractivity contribution in [3.05, 3.63) is 70.5 Å². The Morgan fingerprint density at radius 1 is 1.15 bits per heavy atom. The zero-order chi connectivity index (χ0) is 19.2. The van der Waals surface area contributed by atoms with Crippen molar-refractivity contribution in [2.75, 3.05) is 0 Å². The van der Waals surface area contributed by atoms with Gasteiger partial charge in [-0.1, -0.05) is 18.2 Å². The Bertz CT molecular complexity index is 1030. The standard InChI is InChI=1S/C19H18N4O4/c24-17(21-11-13-4-3-9-20-10-13)12-23-16(7-8-18(25)26)22-15-6-2-1-5-14(15)19(23)27/h1-6,9-10H,7-8,11-12H2,(H,21,24)(H,25,26). The molecule has 3 aromatic rings. The van der Waals surface area contributed by atoms with E-state index in [9.17, 15) is 14.4 Å². The second kappa shape index (κ2) is 8.22. The number of carbonyl (C=O) groups excluding carboxylic acids is 1. The molecule has 2 N–H and O–H groups in total. The third-order valence-electron chi connectivity index (χ3n) is 4.02. The Kier molecular flexibility index (Phi) is 5.55. The highest BCUT2D eigenvalue weighted by Crippen LogP contribution is 2.09. The molecule has 0 fully saturated rings. The number of fused-ring (bicyclic) bond motifs is 1. The van der Waals surface area contributed by atoms with E-state index in [4.69, 9.17) is 5.11 Å². The first-order chi connectivity index (χ1) is 13.0. The van der Waals surface area contributed by atoms with Crippen molar-refractivity contribution >= 4 is 22.8 Å². The van der Waals surface area contributed by atoms with Crippen molar-refractivity contribution in [2.24, 2.45) is 0 Å². The summed E-state index contributed by atoms with van der Waals surface area (Å²) in [5.74, 6) is -1.09. The maximum Gasteiger partial charge on any atom is 0.303 e. The molecule has 0 spiro atoms. The van der Waals surface area contributed by atoms with Crippen molar-refractivity contribution in [3.8, 4) is 0 Å². The van der Waals surface area contributed by atoms with Gasteiger partial charge in [0.1, 0.15) is 12.4 Å². The maximum atomic E-state index is 12.8. The molecule has 2 heterocycles. The number of rotatable bonds is 7. The SMILES string of the molecule is O=C(O)CCc1nc2ccccc2c(=O)n1CC(=O)NCc1cccnc1. The van der Waals surface area contributed by atoms with Crippen molar-refractivity contribution in [3.63, 3.8) is 0 Å². The number of nitrogens with zero attached hydrogens (tertiary/aromatic N) is 3. The van der Waals surface area contributed by atoms with E-state index < -0.39 is 5.97 Å². The number of carboxylic acid groups (broad SMARTS) is 1. The number of pyridine rings is 1. The second-order valence-corrected chi connectivity index (χ2v) is 5.97. The molecule has 0 atom stereocenters. The molecular formula is C19H18N4O4. The first-order valence-corrected chi connectivity index (χ1v) is 8.40. The Hall–Kier alpha value is -3.55. The number of para-hydroxylation sites is 1. The first-order valence-electron chi connectivity index (χ1n) is 8.40. The molecule has 0 unspecified atom stereocenters. The van der Waals surface area contributed by atoms with E-state index in [1.807, 2.05) is 6.07 Å². The number of hydrogen-bond donors (Lipinski definition) is 2. The quantitative estimate of drug-likeness (QED) is 0.648. The number of benzene rings is 1. The van der Waals surface area contributed by atoms with Gasteiger partial charge in [-0.05, 0) is 23.8 Å². The van der Waals surface area contributed by atoms with Gasteiger partial charge in [-0.2, -0.15) is 0 Å². The number of carbonyl (C=O) groups is 2. The highest BCUT2D eigenvalue weighted by atomic mass is 16.4. The van der Waals surface area contributed by atoms with Crippen molar-refractivity contribution < 1.29 is 14.7 Å². The summed E-state index contributed by atoms with van der Waals surface area (Å²) in [6.07, 6.45) is 3.16. The van der Waals surface area contributed by atoms with Gasteiger partial charge in [-0.25, -0.2) is 4.98 Å². The lowest BCUT2D eigenvalue weighted by Gasteiger charge is -2.13. The lowest BCUT2D eigenvalue weighted by Crippen LogP contribution is -2.34. The minimum atomic E-state index is -0.995. The Labute approximate surface area is 154 Å². The average Bonchev–Trinajstić information content (AvgIpc) is 2.68. The molecule has 0 radical (unpaired) electrons. The van der Waals surface area contributed by atoms with Crippen LogP contribution in [0.25, 0.3) is 10.9 Å². The minimum Gasteiger partial charge on any atom is -0.481 e. The summed E-state index contributed by atoms with van der Waals surface area (Å²) in [6, 6.07) is 10.4. The number of nitrogens with one attached hydrogen (secondary N) is 1. The second-order valence-electron chi connectivity index (χ2n) is 5.97. The molecule has 3 rings (SSSR count). The predicted octanol–water partition coefficient (Wildman–Crippen LogP) is 1.13. The van der Waals surface area contributed by atoms with E-state index in [0.717, 1.165) is 5.56 Å². The van der Waals surface area contributed by atoms with E-state index in [1.54, 1.807) is 42.7 Å². The number of aliphatic carboxylic acids is 1. The normalized spacial score (nSPS) is 10.7. The molecule has 1 amide bonds. The van der Waals surface area contributed by atoms with Crippen LogP contribution in [0.15, 0.2) is 53.6 Å². The Balaban J connectivity index is 1.85. The van der Waals surface area contributed by atoms with Gasteiger partial charge in [0.2, 0.25) is 5.91 Å². The molecule has 0 saturated carbocycles. The number of carboxylic acids is 1. The summed E-state index contributed by atoms with van der Waals surface area (Å²) < 4.78 is 1.24. The zero-order valence-electron chi connectivity index (χ0n) is 14.5. The van der Waals surface area contributed by atoms with Gasteiger partial charge in [0, 0.05) is 25.4 Å². The van der Waals surface area contributed by atoms with E-state index >= 15 is 0 Å². The molecule has 0 saturated heterocycles. The average molecular weight is 366 g/mol. The molecule has 8 nitrogen and oxygen atoms in total. The fourth-order valence-electron chi connectivity index (χ4n) is 2.69. The van der Waals surface area contributed by atoms with E-state index in [2.05, 4.69) is 15.3 Å². The van der Waals surface area contributed by atoms with Crippen LogP contribution in [0, 0.1) is 0 Å². The number of aromatic nitrogens is 3. The molecule has 0 aliphatic rings. The first kappa shape index (κ1) is 18.2. The number of aryl methyl sites for hydroxylation is 1. The molecule has 8 heteroatoms. The summed E-state index contributed by atoms with van der Waals surface area (Å²) in [5, 5.41) is 12.1. The summed E-state index contributed by atoms with van der Waals surface area (Å²) in [5.41, 5.74) is 0.952. The number of amides is 1. The van der Waals surface area contributed by atoms with Crippen LogP contribution in [-0.2, 0) is 29.1 Å². The van der Waals surface area contributed by atoms with Crippen LogP contribution in [0.3, 0.4) is 0 Å². The van der Waals surface area contributed by atoms with E-state index in [1.165, 1.54) is 4.57 Å². The molecule has 2 aromatic heterocycles. The number of hydrogen-bond acceptors (Lipinski definition) is 5. The Morgan fingerprint density at radius 3 is 2.70 bits per heavy atom. The fourth-order valence-corrected chi connectivity index (χ4v) is 2.69. The zero-order valence-corrected chi connectivity index (χ0v) is 14.5. The van der Waals surface area contributed by atoms with Gasteiger partial charge in [0.05, 0.1) is 17.3 Å². The summed E-state index contributed by atoms with van der Waals surface area (Å²) in [6.45, 7) is 0.0543.